The Hall–Kier alpha value is -1.02. The highest BCUT2D eigenvalue weighted by atomic mass is 32.2. The van der Waals surface area contributed by atoms with Crippen LogP contribution in [0.15, 0.2) is 0 Å². The predicted molar refractivity (Wildman–Crippen MR) is 95.1 cm³/mol. The van der Waals surface area contributed by atoms with Gasteiger partial charge >= 0.3 is 0 Å². The molecule has 0 aromatic rings. The molecule has 2 rings (SSSR count). The maximum absolute atomic E-state index is 12.5. The van der Waals surface area contributed by atoms with Gasteiger partial charge in [-0.05, 0) is 25.7 Å². The van der Waals surface area contributed by atoms with Crippen molar-refractivity contribution in [2.24, 2.45) is 28.7 Å². The molecule has 0 radical (unpaired) electrons. The van der Waals surface area contributed by atoms with Crippen LogP contribution in [0.5, 0.6) is 0 Å². The fraction of sp³-hybridized carbons (Fsp3) is 0.750. The van der Waals surface area contributed by atoms with Crippen molar-refractivity contribution in [3.8, 4) is 0 Å². The van der Waals surface area contributed by atoms with Crippen LogP contribution < -0.4 is 11.5 Å². The molecule has 2 saturated heterocycles. The van der Waals surface area contributed by atoms with Crippen LogP contribution in [0.25, 0.3) is 0 Å². The lowest BCUT2D eigenvalue weighted by Gasteiger charge is -2.39. The summed E-state index contributed by atoms with van der Waals surface area (Å²) in [5.74, 6) is -0.463. The van der Waals surface area contributed by atoms with E-state index in [0.29, 0.717) is 50.0 Å². The first-order valence-electron chi connectivity index (χ1n) is 8.31. The standard InChI is InChI=1S/C16H24N2O4S2/c17-12(19)4-2-1-3-7-16(15(18)22,10-5-8-23-13(10)20)11-6-9-24-14(11)21/h10-11H,1-9H2,(H2,17,19)(H2,18,22). The smallest absolute Gasteiger partial charge is 0.225 e. The number of carbonyl (C=O) groups is 4. The van der Waals surface area contributed by atoms with E-state index < -0.39 is 23.2 Å². The first kappa shape index (κ1) is 19.3. The van der Waals surface area contributed by atoms with Crippen molar-refractivity contribution in [1.29, 1.82) is 0 Å². The van der Waals surface area contributed by atoms with Crippen molar-refractivity contribution >= 4 is 45.6 Å². The number of amides is 2. The second kappa shape index (κ2) is 8.38. The molecule has 0 bridgehead atoms. The van der Waals surface area contributed by atoms with Crippen LogP contribution >= 0.6 is 23.5 Å². The molecule has 0 aromatic carbocycles. The van der Waals surface area contributed by atoms with E-state index in [1.54, 1.807) is 0 Å². The second-order valence-electron chi connectivity index (χ2n) is 6.45. The Bertz CT molecular complexity index is 512. The molecule has 0 aliphatic carbocycles. The molecule has 0 spiro atoms. The lowest BCUT2D eigenvalue weighted by atomic mass is 9.62. The van der Waals surface area contributed by atoms with Crippen LogP contribution in [-0.4, -0.2) is 33.6 Å². The largest absolute Gasteiger partial charge is 0.370 e. The summed E-state index contributed by atoms with van der Waals surface area (Å²) < 4.78 is 0. The van der Waals surface area contributed by atoms with Gasteiger partial charge in [0.2, 0.25) is 11.8 Å². The van der Waals surface area contributed by atoms with Gasteiger partial charge in [0, 0.05) is 29.8 Å². The molecule has 2 heterocycles. The maximum atomic E-state index is 12.5. The van der Waals surface area contributed by atoms with Crippen LogP contribution in [0, 0.1) is 17.3 Å². The number of hydrogen-bond acceptors (Lipinski definition) is 6. The summed E-state index contributed by atoms with van der Waals surface area (Å²) in [6.07, 6.45) is 3.95. The summed E-state index contributed by atoms with van der Waals surface area (Å²) in [4.78, 5) is 48.0. The van der Waals surface area contributed by atoms with Gasteiger partial charge in [0.15, 0.2) is 10.2 Å². The van der Waals surface area contributed by atoms with E-state index in [1.165, 1.54) is 23.5 Å². The van der Waals surface area contributed by atoms with Crippen LogP contribution in [0.2, 0.25) is 0 Å². The fourth-order valence-corrected chi connectivity index (χ4v) is 6.05. The fourth-order valence-electron chi connectivity index (χ4n) is 3.88. The Balaban J connectivity index is 2.18. The predicted octanol–water partition coefficient (Wildman–Crippen LogP) is 1.45. The first-order valence-corrected chi connectivity index (χ1v) is 10.3. The monoisotopic (exact) mass is 372 g/mol. The summed E-state index contributed by atoms with van der Waals surface area (Å²) in [6.45, 7) is 0. The van der Waals surface area contributed by atoms with E-state index in [2.05, 4.69) is 0 Å². The minimum absolute atomic E-state index is 0.0179. The molecule has 6 nitrogen and oxygen atoms in total. The Morgan fingerprint density at radius 2 is 1.50 bits per heavy atom. The molecule has 24 heavy (non-hydrogen) atoms. The van der Waals surface area contributed by atoms with Crippen LogP contribution in [0.4, 0.5) is 0 Å². The van der Waals surface area contributed by atoms with E-state index in [1.807, 2.05) is 0 Å². The highest BCUT2D eigenvalue weighted by Gasteiger charge is 2.57. The van der Waals surface area contributed by atoms with E-state index in [9.17, 15) is 19.2 Å². The summed E-state index contributed by atoms with van der Waals surface area (Å²) in [5, 5.41) is -0.0359. The number of nitrogens with two attached hydrogens (primary N) is 2. The van der Waals surface area contributed by atoms with E-state index in [4.69, 9.17) is 11.5 Å². The van der Waals surface area contributed by atoms with Crippen LogP contribution in [0.1, 0.15) is 44.9 Å². The van der Waals surface area contributed by atoms with Gasteiger partial charge in [0.25, 0.3) is 0 Å². The lowest BCUT2D eigenvalue weighted by molar-refractivity contribution is -0.144. The molecule has 0 aromatic heterocycles. The average Bonchev–Trinajstić information content (AvgIpc) is 3.12. The quantitative estimate of drug-likeness (QED) is 0.591. The van der Waals surface area contributed by atoms with E-state index in [0.717, 1.165) is 6.42 Å². The second-order valence-corrected chi connectivity index (χ2v) is 8.65. The highest BCUT2D eigenvalue weighted by molar-refractivity contribution is 8.14. The third-order valence-electron chi connectivity index (χ3n) is 5.09. The highest BCUT2D eigenvalue weighted by Crippen LogP contribution is 2.52. The Labute approximate surface area is 150 Å². The molecule has 0 saturated carbocycles. The molecular weight excluding hydrogens is 348 g/mol. The molecule has 8 heteroatoms. The zero-order chi connectivity index (χ0) is 17.7. The van der Waals surface area contributed by atoms with Crippen LogP contribution in [-0.2, 0) is 19.2 Å². The first-order chi connectivity index (χ1) is 11.4. The molecule has 134 valence electrons. The molecular formula is C16H24N2O4S2. The summed E-state index contributed by atoms with van der Waals surface area (Å²) in [5.41, 5.74) is 9.84. The lowest BCUT2D eigenvalue weighted by Crippen LogP contribution is -2.51. The van der Waals surface area contributed by atoms with E-state index in [-0.39, 0.29) is 16.1 Å². The van der Waals surface area contributed by atoms with Gasteiger partial charge < -0.3 is 11.5 Å². The third kappa shape index (κ3) is 3.96. The maximum Gasteiger partial charge on any atom is 0.225 e. The van der Waals surface area contributed by atoms with Crippen molar-refractivity contribution in [3.63, 3.8) is 0 Å². The minimum Gasteiger partial charge on any atom is -0.370 e. The third-order valence-corrected chi connectivity index (χ3v) is 7.10. The van der Waals surface area contributed by atoms with Gasteiger partial charge in [0.1, 0.15) is 0 Å². The Morgan fingerprint density at radius 1 is 0.958 bits per heavy atom. The minimum atomic E-state index is -1.08. The number of rotatable bonds is 9. The number of primary amides is 2. The van der Waals surface area contributed by atoms with Gasteiger partial charge in [-0.15, -0.1) is 0 Å². The number of thioether (sulfide) groups is 2. The van der Waals surface area contributed by atoms with Gasteiger partial charge in [-0.2, -0.15) is 0 Å². The molecule has 2 amide bonds. The number of hydrogen-bond donors (Lipinski definition) is 2. The molecule has 2 aliphatic heterocycles. The average molecular weight is 373 g/mol. The zero-order valence-corrected chi connectivity index (χ0v) is 15.3. The molecule has 2 fully saturated rings. The summed E-state index contributed by atoms with van der Waals surface area (Å²) >= 11 is 2.46. The zero-order valence-electron chi connectivity index (χ0n) is 13.6. The SMILES string of the molecule is NC(=O)CCCCCC(C(N)=O)(C1CCSC1=O)C1CCSC1=O. The van der Waals surface area contributed by atoms with E-state index >= 15 is 0 Å². The summed E-state index contributed by atoms with van der Waals surface area (Å²) in [7, 11) is 0. The van der Waals surface area contributed by atoms with Crippen molar-refractivity contribution in [2.75, 3.05) is 11.5 Å². The van der Waals surface area contributed by atoms with Crippen LogP contribution in [0.3, 0.4) is 0 Å². The van der Waals surface area contributed by atoms with Gasteiger partial charge in [-0.25, -0.2) is 0 Å². The normalized spacial score (nSPS) is 26.5. The number of unbranched alkanes of at least 4 members (excludes halogenated alkanes) is 2. The molecule has 2 aliphatic rings. The van der Waals surface area contributed by atoms with Gasteiger partial charge in [0.05, 0.1) is 5.41 Å². The van der Waals surface area contributed by atoms with Crippen molar-refractivity contribution in [2.45, 2.75) is 44.9 Å². The molecule has 4 N–H and O–H groups in total. The van der Waals surface area contributed by atoms with Crippen molar-refractivity contribution in [1.82, 2.24) is 0 Å². The topological polar surface area (TPSA) is 120 Å². The van der Waals surface area contributed by atoms with Gasteiger partial charge in [-0.1, -0.05) is 36.4 Å². The Kier molecular flexibility index (Phi) is 6.74. The van der Waals surface area contributed by atoms with Crippen molar-refractivity contribution < 1.29 is 19.2 Å². The Morgan fingerprint density at radius 3 is 1.88 bits per heavy atom. The van der Waals surface area contributed by atoms with Crippen molar-refractivity contribution in [3.05, 3.63) is 0 Å². The summed E-state index contributed by atoms with van der Waals surface area (Å²) in [6, 6.07) is 0. The molecule has 2 unspecified atom stereocenters. The number of carbonyl (C=O) groups excluding carboxylic acids is 4. The molecule has 2 atom stereocenters. The van der Waals surface area contributed by atoms with Gasteiger partial charge in [-0.3, -0.25) is 19.2 Å².